The van der Waals surface area contributed by atoms with Crippen LogP contribution < -0.4 is 0 Å². The molecule has 96 valence electrons. The molecule has 1 heterocycles. The van der Waals surface area contributed by atoms with Crippen molar-refractivity contribution in [1.82, 2.24) is 0 Å². The van der Waals surface area contributed by atoms with Crippen molar-refractivity contribution >= 4 is 11.4 Å². The first kappa shape index (κ1) is 11.8. The molecule has 18 heavy (non-hydrogen) atoms. The first-order valence-corrected chi connectivity index (χ1v) is 6.74. The smallest absolute Gasteiger partial charge is 0.160 e. The van der Waals surface area contributed by atoms with Crippen LogP contribution in [0.25, 0.3) is 5.57 Å². The van der Waals surface area contributed by atoms with Crippen LogP contribution in [0.3, 0.4) is 0 Å². The third-order valence-electron chi connectivity index (χ3n) is 4.95. The fourth-order valence-corrected chi connectivity index (χ4v) is 4.27. The maximum absolute atomic E-state index is 12.4. The number of hydrogen-bond donors (Lipinski definition) is 0. The summed E-state index contributed by atoms with van der Waals surface area (Å²) in [5.41, 5.74) is 2.35. The van der Waals surface area contributed by atoms with Gasteiger partial charge in [-0.1, -0.05) is 27.2 Å². The molecule has 1 aromatic heterocycles. The molecule has 1 fully saturated rings. The zero-order chi connectivity index (χ0) is 13.0. The Bertz CT molecular complexity index is 507. The lowest BCUT2D eigenvalue weighted by Gasteiger charge is -2.47. The Kier molecular flexibility index (Phi) is 2.35. The van der Waals surface area contributed by atoms with Crippen LogP contribution in [-0.4, -0.2) is 5.78 Å². The molecule has 0 N–H and O–H groups in total. The average Bonchev–Trinajstić information content (AvgIpc) is 2.84. The maximum Gasteiger partial charge on any atom is 0.160 e. The number of carbonyl (C=O) groups is 1. The Hall–Kier alpha value is -1.31. The van der Waals surface area contributed by atoms with Crippen molar-refractivity contribution in [2.75, 3.05) is 0 Å². The van der Waals surface area contributed by atoms with Crippen LogP contribution in [-0.2, 0) is 4.79 Å². The molecule has 2 aliphatic rings. The average molecular weight is 244 g/mol. The predicted molar refractivity (Wildman–Crippen MR) is 70.9 cm³/mol. The van der Waals surface area contributed by atoms with Crippen LogP contribution in [0.2, 0.25) is 0 Å². The van der Waals surface area contributed by atoms with Crippen LogP contribution in [0.4, 0.5) is 0 Å². The van der Waals surface area contributed by atoms with Crippen LogP contribution >= 0.6 is 0 Å². The standard InChI is InChI=1S/C16H20O2/c1-15(2)6-4-7-16(3)12(9-13(17)14(15)16)11-5-8-18-10-11/h5,8-10,14H,4,6-7H2,1-3H3/t14-,16-/m0/s1. The van der Waals surface area contributed by atoms with Crippen molar-refractivity contribution in [1.29, 1.82) is 0 Å². The number of furan rings is 1. The number of carbonyl (C=O) groups excluding carboxylic acids is 1. The number of hydrogen-bond acceptors (Lipinski definition) is 2. The molecule has 2 nitrogen and oxygen atoms in total. The molecule has 0 aromatic carbocycles. The van der Waals surface area contributed by atoms with E-state index in [1.165, 1.54) is 12.0 Å². The summed E-state index contributed by atoms with van der Waals surface area (Å²) in [7, 11) is 0. The second-order valence-electron chi connectivity index (χ2n) is 6.67. The zero-order valence-electron chi connectivity index (χ0n) is 11.3. The largest absolute Gasteiger partial charge is 0.472 e. The molecule has 0 unspecified atom stereocenters. The van der Waals surface area contributed by atoms with E-state index in [0.29, 0.717) is 5.78 Å². The summed E-state index contributed by atoms with van der Waals surface area (Å²) in [5.74, 6) is 0.432. The summed E-state index contributed by atoms with van der Waals surface area (Å²) >= 11 is 0. The maximum atomic E-state index is 12.4. The number of fused-ring (bicyclic) bond motifs is 1. The van der Waals surface area contributed by atoms with E-state index in [1.807, 2.05) is 12.1 Å². The van der Waals surface area contributed by atoms with E-state index in [1.54, 1.807) is 12.5 Å². The molecule has 0 radical (unpaired) electrons. The van der Waals surface area contributed by atoms with E-state index in [4.69, 9.17) is 4.42 Å². The normalized spacial score (nSPS) is 34.3. The van der Waals surface area contributed by atoms with E-state index in [9.17, 15) is 4.79 Å². The van der Waals surface area contributed by atoms with E-state index in [-0.39, 0.29) is 16.7 Å². The Morgan fingerprint density at radius 1 is 1.28 bits per heavy atom. The number of rotatable bonds is 1. The first-order chi connectivity index (χ1) is 8.45. The molecule has 2 atom stereocenters. The lowest BCUT2D eigenvalue weighted by atomic mass is 9.55. The van der Waals surface area contributed by atoms with Gasteiger partial charge in [0.1, 0.15) is 0 Å². The van der Waals surface area contributed by atoms with Crippen LogP contribution in [0.15, 0.2) is 29.1 Å². The SMILES string of the molecule is CC1(C)CCC[C@@]2(C)C(c3ccoc3)=CC(=O)[C@@H]12. The van der Waals surface area contributed by atoms with Crippen molar-refractivity contribution in [2.45, 2.75) is 40.0 Å². The van der Waals surface area contributed by atoms with Gasteiger partial charge in [0.2, 0.25) is 0 Å². The lowest BCUT2D eigenvalue weighted by molar-refractivity contribution is -0.126. The quantitative estimate of drug-likeness (QED) is 0.745. The van der Waals surface area contributed by atoms with Crippen LogP contribution in [0, 0.1) is 16.7 Å². The highest BCUT2D eigenvalue weighted by Crippen LogP contribution is 2.60. The van der Waals surface area contributed by atoms with E-state index < -0.39 is 0 Å². The molecular weight excluding hydrogens is 224 g/mol. The first-order valence-electron chi connectivity index (χ1n) is 6.74. The molecule has 3 rings (SSSR count). The molecular formula is C16H20O2. The Labute approximate surface area is 108 Å². The third-order valence-corrected chi connectivity index (χ3v) is 4.95. The van der Waals surface area contributed by atoms with Crippen molar-refractivity contribution in [3.8, 4) is 0 Å². The monoisotopic (exact) mass is 244 g/mol. The highest BCUT2D eigenvalue weighted by atomic mass is 16.3. The van der Waals surface area contributed by atoms with Gasteiger partial charge in [0, 0.05) is 16.9 Å². The summed E-state index contributed by atoms with van der Waals surface area (Å²) in [5, 5.41) is 0. The van der Waals surface area contributed by atoms with Gasteiger partial charge < -0.3 is 4.42 Å². The molecule has 0 amide bonds. The molecule has 2 aliphatic carbocycles. The number of allylic oxidation sites excluding steroid dienone is 2. The topological polar surface area (TPSA) is 30.2 Å². The van der Waals surface area contributed by atoms with Crippen LogP contribution in [0.1, 0.15) is 45.6 Å². The lowest BCUT2D eigenvalue weighted by Crippen LogP contribution is -2.43. The molecule has 1 aromatic rings. The zero-order valence-corrected chi connectivity index (χ0v) is 11.3. The van der Waals surface area contributed by atoms with E-state index in [2.05, 4.69) is 20.8 Å². The Morgan fingerprint density at radius 2 is 2.06 bits per heavy atom. The van der Waals surface area contributed by atoms with E-state index in [0.717, 1.165) is 18.4 Å². The van der Waals surface area contributed by atoms with Gasteiger partial charge in [-0.2, -0.15) is 0 Å². The summed E-state index contributed by atoms with van der Waals surface area (Å²) < 4.78 is 5.19. The fourth-order valence-electron chi connectivity index (χ4n) is 4.27. The van der Waals surface area contributed by atoms with Crippen molar-refractivity contribution in [3.63, 3.8) is 0 Å². The number of ketones is 1. The van der Waals surface area contributed by atoms with Gasteiger partial charge in [-0.15, -0.1) is 0 Å². The Balaban J connectivity index is 2.09. The van der Waals surface area contributed by atoms with Gasteiger partial charge in [0.05, 0.1) is 12.5 Å². The molecule has 0 spiro atoms. The van der Waals surface area contributed by atoms with Gasteiger partial charge in [0.25, 0.3) is 0 Å². The predicted octanol–water partition coefficient (Wildman–Crippen LogP) is 4.08. The van der Waals surface area contributed by atoms with Gasteiger partial charge in [-0.05, 0) is 36.0 Å². The van der Waals surface area contributed by atoms with Gasteiger partial charge in [0.15, 0.2) is 5.78 Å². The summed E-state index contributed by atoms with van der Waals surface area (Å²) in [4.78, 5) is 12.4. The molecule has 2 heteroatoms. The van der Waals surface area contributed by atoms with E-state index >= 15 is 0 Å². The summed E-state index contributed by atoms with van der Waals surface area (Å²) in [6, 6.07) is 1.97. The summed E-state index contributed by atoms with van der Waals surface area (Å²) in [6.45, 7) is 6.72. The summed E-state index contributed by atoms with van der Waals surface area (Å²) in [6.07, 6.45) is 8.75. The van der Waals surface area contributed by atoms with Crippen LogP contribution in [0.5, 0.6) is 0 Å². The Morgan fingerprint density at radius 3 is 2.72 bits per heavy atom. The third kappa shape index (κ3) is 1.44. The highest BCUT2D eigenvalue weighted by molar-refractivity contribution is 6.06. The van der Waals surface area contributed by atoms with Gasteiger partial charge in [-0.3, -0.25) is 4.79 Å². The minimum absolute atomic E-state index is 0.0112. The van der Waals surface area contributed by atoms with Gasteiger partial charge >= 0.3 is 0 Å². The second-order valence-corrected chi connectivity index (χ2v) is 6.67. The fraction of sp³-hybridized carbons (Fsp3) is 0.562. The highest BCUT2D eigenvalue weighted by Gasteiger charge is 2.55. The van der Waals surface area contributed by atoms with Crippen molar-refractivity contribution in [3.05, 3.63) is 30.2 Å². The molecule has 0 bridgehead atoms. The minimum Gasteiger partial charge on any atom is -0.472 e. The van der Waals surface area contributed by atoms with Gasteiger partial charge in [-0.25, -0.2) is 0 Å². The minimum atomic E-state index is -0.0112. The molecule has 0 saturated heterocycles. The van der Waals surface area contributed by atoms with Crippen molar-refractivity contribution in [2.24, 2.45) is 16.7 Å². The van der Waals surface area contributed by atoms with Crippen molar-refractivity contribution < 1.29 is 9.21 Å². The second kappa shape index (κ2) is 3.59. The molecule has 1 saturated carbocycles. The molecule has 0 aliphatic heterocycles.